The highest BCUT2D eigenvalue weighted by Crippen LogP contribution is 2.23. The van der Waals surface area contributed by atoms with Gasteiger partial charge in [-0.25, -0.2) is 4.79 Å². The van der Waals surface area contributed by atoms with E-state index in [1.54, 1.807) is 66.9 Å². The van der Waals surface area contributed by atoms with Crippen LogP contribution in [0.3, 0.4) is 0 Å². The molecule has 0 spiro atoms. The third-order valence-electron chi connectivity index (χ3n) is 3.78. The van der Waals surface area contributed by atoms with Crippen LogP contribution in [0.25, 0.3) is 0 Å². The molecule has 7 nitrogen and oxygen atoms in total. The normalized spacial score (nSPS) is 10.1. The van der Waals surface area contributed by atoms with Gasteiger partial charge in [-0.15, -0.1) is 0 Å². The van der Waals surface area contributed by atoms with Crippen LogP contribution >= 0.6 is 0 Å². The second kappa shape index (κ2) is 8.57. The highest BCUT2D eigenvalue weighted by molar-refractivity contribution is 6.06. The van der Waals surface area contributed by atoms with Crippen LogP contribution in [-0.4, -0.2) is 19.0 Å². The number of nitrogens with one attached hydrogen (secondary N) is 3. The minimum absolute atomic E-state index is 0.258. The molecule has 0 saturated heterocycles. The monoisotopic (exact) mass is 365 g/mol. The van der Waals surface area contributed by atoms with Crippen molar-refractivity contribution < 1.29 is 18.7 Å². The summed E-state index contributed by atoms with van der Waals surface area (Å²) < 4.78 is 10.4. The zero-order valence-corrected chi connectivity index (χ0v) is 14.7. The summed E-state index contributed by atoms with van der Waals surface area (Å²) in [6, 6.07) is 16.9. The number of ether oxygens (including phenoxy) is 1. The van der Waals surface area contributed by atoms with Gasteiger partial charge in [-0.05, 0) is 36.4 Å². The zero-order valence-electron chi connectivity index (χ0n) is 14.7. The second-order valence-corrected chi connectivity index (χ2v) is 5.59. The third-order valence-corrected chi connectivity index (χ3v) is 3.78. The molecule has 27 heavy (non-hydrogen) atoms. The van der Waals surface area contributed by atoms with E-state index in [0.29, 0.717) is 28.4 Å². The third kappa shape index (κ3) is 4.66. The van der Waals surface area contributed by atoms with Crippen molar-refractivity contribution in [2.24, 2.45) is 0 Å². The lowest BCUT2D eigenvalue weighted by Gasteiger charge is -2.13. The number of furan rings is 1. The van der Waals surface area contributed by atoms with Crippen LogP contribution in [0.2, 0.25) is 0 Å². The highest BCUT2D eigenvalue weighted by Gasteiger charge is 2.14. The largest absolute Gasteiger partial charge is 0.495 e. The number of urea groups is 1. The molecular formula is C20H19N3O4. The van der Waals surface area contributed by atoms with Crippen LogP contribution < -0.4 is 20.7 Å². The van der Waals surface area contributed by atoms with Gasteiger partial charge in [0.1, 0.15) is 11.5 Å². The summed E-state index contributed by atoms with van der Waals surface area (Å²) in [5.74, 6) is 0.861. The van der Waals surface area contributed by atoms with E-state index < -0.39 is 6.03 Å². The van der Waals surface area contributed by atoms with Crippen LogP contribution in [0.1, 0.15) is 16.1 Å². The lowest BCUT2D eigenvalue weighted by molar-refractivity contribution is 0.0949. The lowest BCUT2D eigenvalue weighted by atomic mass is 10.1. The van der Waals surface area contributed by atoms with Crippen molar-refractivity contribution in [2.75, 3.05) is 17.7 Å². The average Bonchev–Trinajstić information content (AvgIpc) is 3.20. The Morgan fingerprint density at radius 2 is 1.63 bits per heavy atom. The van der Waals surface area contributed by atoms with Gasteiger partial charge in [0.25, 0.3) is 5.91 Å². The summed E-state index contributed by atoms with van der Waals surface area (Å²) in [6.45, 7) is 0.258. The first-order valence-corrected chi connectivity index (χ1v) is 8.28. The molecule has 3 N–H and O–H groups in total. The van der Waals surface area contributed by atoms with Gasteiger partial charge in [-0.1, -0.05) is 24.3 Å². The fourth-order valence-electron chi connectivity index (χ4n) is 2.49. The SMILES string of the molecule is COc1ccccc1NC(=O)Nc1ccccc1C(=O)NCc1ccco1. The molecule has 0 aliphatic heterocycles. The fraction of sp³-hybridized carbons (Fsp3) is 0.100. The van der Waals surface area contributed by atoms with E-state index in [4.69, 9.17) is 9.15 Å². The van der Waals surface area contributed by atoms with Gasteiger partial charge in [-0.3, -0.25) is 4.79 Å². The summed E-state index contributed by atoms with van der Waals surface area (Å²) >= 11 is 0. The molecule has 1 aromatic heterocycles. The predicted molar refractivity (Wildman–Crippen MR) is 102 cm³/mol. The Morgan fingerprint density at radius 3 is 2.37 bits per heavy atom. The molecule has 0 saturated carbocycles. The van der Waals surface area contributed by atoms with E-state index >= 15 is 0 Å². The molecule has 0 aliphatic rings. The smallest absolute Gasteiger partial charge is 0.323 e. The first-order chi connectivity index (χ1) is 13.2. The molecule has 0 radical (unpaired) electrons. The first kappa shape index (κ1) is 18.1. The van der Waals surface area contributed by atoms with E-state index in [-0.39, 0.29) is 12.5 Å². The van der Waals surface area contributed by atoms with Crippen LogP contribution in [0.4, 0.5) is 16.2 Å². The number of carbonyl (C=O) groups excluding carboxylic acids is 2. The Hall–Kier alpha value is -3.74. The minimum atomic E-state index is -0.481. The Morgan fingerprint density at radius 1 is 0.926 bits per heavy atom. The fourth-order valence-corrected chi connectivity index (χ4v) is 2.49. The maximum atomic E-state index is 12.5. The molecule has 0 fully saturated rings. The number of benzene rings is 2. The van der Waals surface area contributed by atoms with Gasteiger partial charge < -0.3 is 25.1 Å². The van der Waals surface area contributed by atoms with Crippen molar-refractivity contribution in [2.45, 2.75) is 6.54 Å². The van der Waals surface area contributed by atoms with Gasteiger partial charge in [0.2, 0.25) is 0 Å². The molecule has 3 amide bonds. The van der Waals surface area contributed by atoms with Gasteiger partial charge in [0, 0.05) is 0 Å². The maximum Gasteiger partial charge on any atom is 0.323 e. The van der Waals surface area contributed by atoms with Gasteiger partial charge >= 0.3 is 6.03 Å². The highest BCUT2D eigenvalue weighted by atomic mass is 16.5. The molecular weight excluding hydrogens is 346 g/mol. The molecule has 7 heteroatoms. The number of hydrogen-bond donors (Lipinski definition) is 3. The topological polar surface area (TPSA) is 92.6 Å². The summed E-state index contributed by atoms with van der Waals surface area (Å²) in [7, 11) is 1.52. The predicted octanol–water partition coefficient (Wildman–Crippen LogP) is 3.86. The average molecular weight is 365 g/mol. The number of amides is 3. The van der Waals surface area contributed by atoms with Gasteiger partial charge in [0.15, 0.2) is 0 Å². The van der Waals surface area contributed by atoms with E-state index in [9.17, 15) is 9.59 Å². The standard InChI is InChI=1S/C20H19N3O4/c1-26-18-11-5-4-10-17(18)23-20(25)22-16-9-3-2-8-15(16)19(24)21-13-14-7-6-12-27-14/h2-12H,13H2,1H3,(H,21,24)(H2,22,23,25). The summed E-state index contributed by atoms with van der Waals surface area (Å²) in [6.07, 6.45) is 1.54. The molecule has 2 aromatic carbocycles. The van der Waals surface area contributed by atoms with Crippen molar-refractivity contribution in [1.82, 2.24) is 5.32 Å². The molecule has 1 heterocycles. The molecule has 138 valence electrons. The van der Waals surface area contributed by atoms with Crippen LogP contribution in [0.5, 0.6) is 5.75 Å². The minimum Gasteiger partial charge on any atom is -0.495 e. The number of rotatable bonds is 6. The van der Waals surface area contributed by atoms with Gasteiger partial charge in [0.05, 0.1) is 36.9 Å². The van der Waals surface area contributed by atoms with Crippen LogP contribution in [-0.2, 0) is 6.54 Å². The maximum absolute atomic E-state index is 12.5. The quantitative estimate of drug-likeness (QED) is 0.618. The first-order valence-electron chi connectivity index (χ1n) is 8.28. The second-order valence-electron chi connectivity index (χ2n) is 5.59. The van der Waals surface area contributed by atoms with Gasteiger partial charge in [-0.2, -0.15) is 0 Å². The number of anilines is 2. The Labute approximate surface area is 156 Å². The Bertz CT molecular complexity index is 922. The van der Waals surface area contributed by atoms with E-state index in [2.05, 4.69) is 16.0 Å². The molecule has 0 unspecified atom stereocenters. The van der Waals surface area contributed by atoms with Crippen molar-refractivity contribution >= 4 is 23.3 Å². The summed E-state index contributed by atoms with van der Waals surface area (Å²) in [5, 5.41) is 8.16. The van der Waals surface area contributed by atoms with Crippen LogP contribution in [0, 0.1) is 0 Å². The Kier molecular flexibility index (Phi) is 5.73. The number of carbonyl (C=O) groups is 2. The molecule has 3 rings (SSSR count). The molecule has 0 aliphatic carbocycles. The molecule has 0 bridgehead atoms. The van der Waals surface area contributed by atoms with Crippen molar-refractivity contribution in [3.63, 3.8) is 0 Å². The molecule has 3 aromatic rings. The number of methoxy groups -OCH3 is 1. The van der Waals surface area contributed by atoms with E-state index in [0.717, 1.165) is 0 Å². The summed E-state index contributed by atoms with van der Waals surface area (Å²) in [4.78, 5) is 24.8. The Balaban J connectivity index is 1.68. The molecule has 0 atom stereocenters. The van der Waals surface area contributed by atoms with Crippen LogP contribution in [0.15, 0.2) is 71.3 Å². The number of para-hydroxylation sites is 3. The summed E-state index contributed by atoms with van der Waals surface area (Å²) in [5.41, 5.74) is 1.26. The zero-order chi connectivity index (χ0) is 19.1. The lowest BCUT2D eigenvalue weighted by Crippen LogP contribution is -2.26. The van der Waals surface area contributed by atoms with Crippen molar-refractivity contribution in [3.8, 4) is 5.75 Å². The van der Waals surface area contributed by atoms with Crippen molar-refractivity contribution in [1.29, 1.82) is 0 Å². The number of hydrogen-bond acceptors (Lipinski definition) is 4. The van der Waals surface area contributed by atoms with Crippen molar-refractivity contribution in [3.05, 3.63) is 78.3 Å². The van der Waals surface area contributed by atoms with E-state index in [1.165, 1.54) is 7.11 Å². The van der Waals surface area contributed by atoms with E-state index in [1.807, 2.05) is 0 Å².